The molecule has 6 nitrogen and oxygen atoms in total. The van der Waals surface area contributed by atoms with Crippen LogP contribution in [0.2, 0.25) is 0 Å². The number of benzene rings is 1. The van der Waals surface area contributed by atoms with Crippen LogP contribution in [0.1, 0.15) is 38.1 Å². The lowest BCUT2D eigenvalue weighted by Crippen LogP contribution is -2.42. The fraction of sp³-hybridized carbons (Fsp3) is 0.312. The molecule has 1 aromatic heterocycles. The summed E-state index contributed by atoms with van der Waals surface area (Å²) in [6.45, 7) is 7.14. The molecule has 1 amide bonds. The number of amides is 1. The Morgan fingerprint density at radius 2 is 1.87 bits per heavy atom. The molecule has 0 radical (unpaired) electrons. The van der Waals surface area contributed by atoms with Crippen LogP contribution < -0.4 is 10.4 Å². The van der Waals surface area contributed by atoms with E-state index in [1.165, 1.54) is 23.3 Å². The first-order valence-electron chi connectivity index (χ1n) is 7.07. The highest BCUT2D eigenvalue weighted by Crippen LogP contribution is 2.25. The summed E-state index contributed by atoms with van der Waals surface area (Å²) >= 11 is 1.36. The van der Waals surface area contributed by atoms with Crippen molar-refractivity contribution < 1.29 is 14.4 Å². The Labute approximate surface area is 139 Å². The summed E-state index contributed by atoms with van der Waals surface area (Å²) in [6, 6.07) is 6.84. The molecule has 0 aliphatic carbocycles. The molecule has 2 rings (SSSR count). The maximum Gasteiger partial charge on any atom is 0.329 e. The van der Waals surface area contributed by atoms with E-state index in [9.17, 15) is 9.59 Å². The first-order chi connectivity index (χ1) is 10.8. The van der Waals surface area contributed by atoms with Crippen molar-refractivity contribution >= 4 is 34.0 Å². The van der Waals surface area contributed by atoms with E-state index in [2.05, 4.69) is 10.3 Å². The van der Waals surface area contributed by atoms with Crippen molar-refractivity contribution in [1.29, 1.82) is 0 Å². The molecule has 0 unspecified atom stereocenters. The largest absolute Gasteiger partial charge is 0.341 e. The van der Waals surface area contributed by atoms with Gasteiger partial charge in [-0.15, -0.1) is 11.3 Å². The number of aromatic nitrogens is 1. The van der Waals surface area contributed by atoms with Gasteiger partial charge in [-0.25, -0.2) is 10.0 Å². The SMILES string of the molecule is CC(=O)ON(c1ccc(C(=O)Nc2nccs2)cc1)C(C)(C)C. The van der Waals surface area contributed by atoms with Gasteiger partial charge in [-0.2, -0.15) is 0 Å². The third kappa shape index (κ3) is 4.53. The Morgan fingerprint density at radius 3 is 2.35 bits per heavy atom. The lowest BCUT2D eigenvalue weighted by atomic mass is 10.1. The van der Waals surface area contributed by atoms with Crippen molar-refractivity contribution in [3.63, 3.8) is 0 Å². The predicted octanol–water partition coefficient (Wildman–Crippen LogP) is 3.48. The highest BCUT2D eigenvalue weighted by molar-refractivity contribution is 7.13. The molecule has 23 heavy (non-hydrogen) atoms. The molecule has 2 aromatic rings. The molecule has 0 spiro atoms. The molecule has 0 fully saturated rings. The predicted molar refractivity (Wildman–Crippen MR) is 90.5 cm³/mol. The van der Waals surface area contributed by atoms with Crippen molar-refractivity contribution in [2.24, 2.45) is 0 Å². The molecule has 0 aliphatic heterocycles. The summed E-state index contributed by atoms with van der Waals surface area (Å²) in [7, 11) is 0. The van der Waals surface area contributed by atoms with Crippen LogP contribution >= 0.6 is 11.3 Å². The Balaban J connectivity index is 2.16. The van der Waals surface area contributed by atoms with Gasteiger partial charge in [0.2, 0.25) is 0 Å². The fourth-order valence-corrected chi connectivity index (χ4v) is 2.43. The molecule has 0 bridgehead atoms. The molecule has 1 N–H and O–H groups in total. The summed E-state index contributed by atoms with van der Waals surface area (Å²) in [5.74, 6) is -0.633. The van der Waals surface area contributed by atoms with Gasteiger partial charge in [0.25, 0.3) is 5.91 Å². The van der Waals surface area contributed by atoms with Crippen molar-refractivity contribution in [3.8, 4) is 0 Å². The maximum absolute atomic E-state index is 12.1. The molecule has 7 heteroatoms. The molecule has 1 heterocycles. The Bertz CT molecular complexity index is 676. The second kappa shape index (κ2) is 6.78. The van der Waals surface area contributed by atoms with E-state index in [0.29, 0.717) is 16.4 Å². The highest BCUT2D eigenvalue weighted by atomic mass is 32.1. The van der Waals surface area contributed by atoms with Crippen LogP contribution in [0.15, 0.2) is 35.8 Å². The van der Waals surface area contributed by atoms with E-state index in [1.54, 1.807) is 35.8 Å². The third-order valence-corrected chi connectivity index (χ3v) is 3.53. The van der Waals surface area contributed by atoms with Crippen molar-refractivity contribution in [2.45, 2.75) is 33.2 Å². The van der Waals surface area contributed by atoms with Crippen molar-refractivity contribution in [1.82, 2.24) is 4.98 Å². The minimum Gasteiger partial charge on any atom is -0.341 e. The fourth-order valence-electron chi connectivity index (χ4n) is 1.91. The summed E-state index contributed by atoms with van der Waals surface area (Å²) in [4.78, 5) is 32.7. The van der Waals surface area contributed by atoms with Crippen LogP contribution in [-0.2, 0) is 9.63 Å². The molecular formula is C16H19N3O3S. The standard InChI is InChI=1S/C16H19N3O3S/c1-11(20)22-19(16(2,3)4)13-7-5-12(6-8-13)14(21)18-15-17-9-10-23-15/h5-10H,1-4H3,(H,17,18,21). The average molecular weight is 333 g/mol. The van der Waals surface area contributed by atoms with Crippen LogP contribution in [0.5, 0.6) is 0 Å². The van der Waals surface area contributed by atoms with E-state index in [0.717, 1.165) is 0 Å². The summed E-state index contributed by atoms with van der Waals surface area (Å²) in [5, 5.41) is 6.59. The molecule has 0 saturated heterocycles. The summed E-state index contributed by atoms with van der Waals surface area (Å²) in [5.41, 5.74) is 0.787. The van der Waals surface area contributed by atoms with E-state index in [4.69, 9.17) is 4.84 Å². The van der Waals surface area contributed by atoms with Gasteiger partial charge in [0.05, 0.1) is 11.2 Å². The number of nitrogens with one attached hydrogen (secondary N) is 1. The van der Waals surface area contributed by atoms with Gasteiger partial charge in [0.1, 0.15) is 0 Å². The molecule has 122 valence electrons. The second-order valence-corrected chi connectivity index (χ2v) is 6.78. The summed E-state index contributed by atoms with van der Waals surface area (Å²) in [6.07, 6.45) is 1.63. The van der Waals surface area contributed by atoms with Gasteiger partial charge in [-0.3, -0.25) is 14.9 Å². The molecular weight excluding hydrogens is 314 g/mol. The number of anilines is 2. The lowest BCUT2D eigenvalue weighted by molar-refractivity contribution is -0.144. The van der Waals surface area contributed by atoms with Crippen LogP contribution in [0.3, 0.4) is 0 Å². The first-order valence-corrected chi connectivity index (χ1v) is 7.95. The van der Waals surface area contributed by atoms with Gasteiger partial charge in [0.15, 0.2) is 5.13 Å². The number of rotatable bonds is 4. The topological polar surface area (TPSA) is 71.5 Å². The van der Waals surface area contributed by atoms with Gasteiger partial charge < -0.3 is 4.84 Å². The van der Waals surface area contributed by atoms with E-state index in [1.807, 2.05) is 20.8 Å². The zero-order valence-electron chi connectivity index (χ0n) is 13.5. The van der Waals surface area contributed by atoms with E-state index < -0.39 is 11.5 Å². The molecule has 1 aromatic carbocycles. The number of hydroxylamine groups is 1. The zero-order chi connectivity index (χ0) is 17.0. The van der Waals surface area contributed by atoms with Crippen molar-refractivity contribution in [2.75, 3.05) is 10.4 Å². The van der Waals surface area contributed by atoms with Gasteiger partial charge in [0, 0.05) is 24.1 Å². The zero-order valence-corrected chi connectivity index (χ0v) is 14.3. The van der Waals surface area contributed by atoms with E-state index in [-0.39, 0.29) is 5.91 Å². The van der Waals surface area contributed by atoms with Crippen molar-refractivity contribution in [3.05, 3.63) is 41.4 Å². The lowest BCUT2D eigenvalue weighted by Gasteiger charge is -2.34. The number of carbonyl (C=O) groups excluding carboxylic acids is 2. The molecule has 0 atom stereocenters. The van der Waals surface area contributed by atoms with Gasteiger partial charge in [-0.1, -0.05) is 0 Å². The molecule has 0 aliphatic rings. The number of hydrogen-bond acceptors (Lipinski definition) is 6. The number of carbonyl (C=O) groups is 2. The van der Waals surface area contributed by atoms with Gasteiger partial charge in [-0.05, 0) is 45.0 Å². The number of hydrogen-bond donors (Lipinski definition) is 1. The minimum atomic E-state index is -0.406. The number of nitrogens with zero attached hydrogens (tertiary/aromatic N) is 2. The first kappa shape index (κ1) is 17.0. The van der Waals surface area contributed by atoms with Gasteiger partial charge >= 0.3 is 5.97 Å². The second-order valence-electron chi connectivity index (χ2n) is 5.89. The number of thiazole rings is 1. The Hall–Kier alpha value is -2.41. The average Bonchev–Trinajstić information content (AvgIpc) is 2.96. The minimum absolute atomic E-state index is 0.235. The molecule has 0 saturated carbocycles. The quantitative estimate of drug-likeness (QED) is 0.867. The highest BCUT2D eigenvalue weighted by Gasteiger charge is 2.25. The normalized spacial score (nSPS) is 11.0. The Morgan fingerprint density at radius 1 is 1.22 bits per heavy atom. The Kier molecular flexibility index (Phi) is 5.00. The van der Waals surface area contributed by atoms with Crippen LogP contribution in [0, 0.1) is 0 Å². The van der Waals surface area contributed by atoms with Crippen LogP contribution in [0.25, 0.3) is 0 Å². The monoisotopic (exact) mass is 333 g/mol. The van der Waals surface area contributed by atoms with Crippen LogP contribution in [-0.4, -0.2) is 22.4 Å². The smallest absolute Gasteiger partial charge is 0.329 e. The van der Waals surface area contributed by atoms with Crippen LogP contribution in [0.4, 0.5) is 10.8 Å². The maximum atomic E-state index is 12.1. The van der Waals surface area contributed by atoms with E-state index >= 15 is 0 Å². The third-order valence-electron chi connectivity index (χ3n) is 2.85. The summed E-state index contributed by atoms with van der Waals surface area (Å²) < 4.78 is 0.